The normalized spacial score (nSPS) is 12.3. The van der Waals surface area contributed by atoms with Crippen LogP contribution >= 0.6 is 23.2 Å². The van der Waals surface area contributed by atoms with E-state index in [0.717, 1.165) is 16.5 Å². The minimum absolute atomic E-state index is 0.0355. The largest absolute Gasteiger partial charge is 0.361 e. The molecule has 3 aromatic rings. The number of nitrogens with one attached hydrogen (secondary N) is 2. The number of aryl methyl sites for hydroxylation is 1. The second-order valence-electron chi connectivity index (χ2n) is 5.94. The molecule has 2 N–H and O–H groups in total. The SMILES string of the molecule is CC(NC(=O)CCc1c[nH]c2ccccc12)c1cc(F)c(Cl)cc1Cl. The molecule has 1 atom stereocenters. The first kappa shape index (κ1) is 17.8. The summed E-state index contributed by atoms with van der Waals surface area (Å²) in [6.45, 7) is 1.76. The molecule has 25 heavy (non-hydrogen) atoms. The number of amides is 1. The van der Waals surface area contributed by atoms with E-state index in [9.17, 15) is 9.18 Å². The third-order valence-corrected chi connectivity index (χ3v) is 4.80. The number of carbonyl (C=O) groups excluding carboxylic acids is 1. The van der Waals surface area contributed by atoms with Gasteiger partial charge in [-0.2, -0.15) is 0 Å². The molecular weight excluding hydrogens is 362 g/mol. The minimum Gasteiger partial charge on any atom is -0.361 e. The van der Waals surface area contributed by atoms with E-state index in [4.69, 9.17) is 23.2 Å². The van der Waals surface area contributed by atoms with Crippen molar-refractivity contribution in [1.29, 1.82) is 0 Å². The number of aromatic amines is 1. The number of benzene rings is 2. The fraction of sp³-hybridized carbons (Fsp3) is 0.211. The maximum atomic E-state index is 13.6. The van der Waals surface area contributed by atoms with Crippen LogP contribution in [-0.2, 0) is 11.2 Å². The van der Waals surface area contributed by atoms with E-state index < -0.39 is 11.9 Å². The Hall–Kier alpha value is -2.04. The zero-order valence-corrected chi connectivity index (χ0v) is 15.1. The lowest BCUT2D eigenvalue weighted by molar-refractivity contribution is -0.121. The topological polar surface area (TPSA) is 44.9 Å². The number of halogens is 3. The summed E-state index contributed by atoms with van der Waals surface area (Å²) in [5.74, 6) is -0.676. The molecule has 0 aliphatic carbocycles. The van der Waals surface area contributed by atoms with Gasteiger partial charge in [-0.1, -0.05) is 41.4 Å². The average Bonchev–Trinajstić information content (AvgIpc) is 2.99. The van der Waals surface area contributed by atoms with E-state index in [2.05, 4.69) is 10.3 Å². The fourth-order valence-corrected chi connectivity index (χ4v) is 3.39. The summed E-state index contributed by atoms with van der Waals surface area (Å²) in [4.78, 5) is 15.4. The van der Waals surface area contributed by atoms with E-state index in [1.165, 1.54) is 12.1 Å². The molecular formula is C19H17Cl2FN2O. The Labute approximate surface area is 155 Å². The summed E-state index contributed by atoms with van der Waals surface area (Å²) < 4.78 is 13.6. The minimum atomic E-state index is -0.555. The van der Waals surface area contributed by atoms with Crippen LogP contribution in [0.2, 0.25) is 10.0 Å². The van der Waals surface area contributed by atoms with Crippen LogP contribution in [0.4, 0.5) is 4.39 Å². The van der Waals surface area contributed by atoms with Crippen LogP contribution < -0.4 is 5.32 Å². The smallest absolute Gasteiger partial charge is 0.220 e. The monoisotopic (exact) mass is 378 g/mol. The maximum Gasteiger partial charge on any atom is 0.220 e. The van der Waals surface area contributed by atoms with Gasteiger partial charge in [0.1, 0.15) is 5.82 Å². The van der Waals surface area contributed by atoms with Gasteiger partial charge in [-0.05, 0) is 42.7 Å². The molecule has 0 fully saturated rings. The zero-order chi connectivity index (χ0) is 18.0. The van der Waals surface area contributed by atoms with Crippen LogP contribution in [-0.4, -0.2) is 10.9 Å². The number of fused-ring (bicyclic) bond motifs is 1. The molecule has 0 spiro atoms. The van der Waals surface area contributed by atoms with E-state index in [1.54, 1.807) is 6.92 Å². The van der Waals surface area contributed by atoms with Crippen LogP contribution in [0.25, 0.3) is 10.9 Å². The highest BCUT2D eigenvalue weighted by Gasteiger charge is 2.16. The molecule has 0 radical (unpaired) electrons. The van der Waals surface area contributed by atoms with Crippen molar-refractivity contribution in [3.8, 4) is 0 Å². The van der Waals surface area contributed by atoms with Gasteiger partial charge in [0, 0.05) is 28.5 Å². The first-order chi connectivity index (χ1) is 12.0. The number of H-pyrrole nitrogens is 1. The molecule has 0 aliphatic heterocycles. The highest BCUT2D eigenvalue weighted by atomic mass is 35.5. The first-order valence-electron chi connectivity index (χ1n) is 7.94. The van der Waals surface area contributed by atoms with Crippen molar-refractivity contribution >= 4 is 40.0 Å². The van der Waals surface area contributed by atoms with Gasteiger partial charge in [0.15, 0.2) is 0 Å². The molecule has 1 aromatic heterocycles. The van der Waals surface area contributed by atoms with Crippen molar-refractivity contribution in [2.75, 3.05) is 0 Å². The van der Waals surface area contributed by atoms with Gasteiger partial charge in [-0.15, -0.1) is 0 Å². The second kappa shape index (κ2) is 7.46. The summed E-state index contributed by atoms with van der Waals surface area (Å²) in [5.41, 5.74) is 2.65. The van der Waals surface area contributed by atoms with Crippen molar-refractivity contribution in [3.05, 3.63) is 69.6 Å². The highest BCUT2D eigenvalue weighted by molar-refractivity contribution is 6.35. The quantitative estimate of drug-likeness (QED) is 0.571. The molecule has 6 heteroatoms. The number of para-hydroxylation sites is 1. The number of carbonyl (C=O) groups is 1. The van der Waals surface area contributed by atoms with E-state index in [-0.39, 0.29) is 10.9 Å². The van der Waals surface area contributed by atoms with Crippen LogP contribution in [0.1, 0.15) is 30.5 Å². The zero-order valence-electron chi connectivity index (χ0n) is 13.6. The first-order valence-corrected chi connectivity index (χ1v) is 8.70. The Balaban J connectivity index is 1.63. The number of aromatic nitrogens is 1. The lowest BCUT2D eigenvalue weighted by Gasteiger charge is -2.16. The third kappa shape index (κ3) is 3.97. The molecule has 0 aliphatic rings. The van der Waals surface area contributed by atoms with Crippen molar-refractivity contribution in [3.63, 3.8) is 0 Å². The van der Waals surface area contributed by atoms with Gasteiger partial charge in [0.05, 0.1) is 11.1 Å². The van der Waals surface area contributed by atoms with Crippen molar-refractivity contribution in [2.24, 2.45) is 0 Å². The molecule has 3 nitrogen and oxygen atoms in total. The number of rotatable bonds is 5. The summed E-state index contributed by atoms with van der Waals surface area (Å²) >= 11 is 11.8. The number of hydrogen-bond donors (Lipinski definition) is 2. The lowest BCUT2D eigenvalue weighted by atomic mass is 10.1. The standard InChI is InChI=1S/C19H17Cl2FN2O/c1-11(14-8-17(22)16(21)9-15(14)20)24-19(25)7-6-12-10-23-18-5-3-2-4-13(12)18/h2-5,8-11,23H,6-7H2,1H3,(H,24,25). The van der Waals surface area contributed by atoms with Crippen molar-refractivity contribution in [2.45, 2.75) is 25.8 Å². The number of hydrogen-bond acceptors (Lipinski definition) is 1. The third-order valence-electron chi connectivity index (χ3n) is 4.18. The Morgan fingerprint density at radius 3 is 2.80 bits per heavy atom. The molecule has 3 rings (SSSR count). The van der Waals surface area contributed by atoms with E-state index in [1.807, 2.05) is 30.5 Å². The van der Waals surface area contributed by atoms with Gasteiger partial charge in [0.2, 0.25) is 5.91 Å². The predicted molar refractivity (Wildman–Crippen MR) is 99.6 cm³/mol. The van der Waals surface area contributed by atoms with Crippen LogP contribution in [0.3, 0.4) is 0 Å². The predicted octanol–water partition coefficient (Wildman–Crippen LogP) is 5.42. The van der Waals surface area contributed by atoms with Gasteiger partial charge in [0.25, 0.3) is 0 Å². The molecule has 0 bridgehead atoms. The van der Waals surface area contributed by atoms with Crippen LogP contribution in [0.15, 0.2) is 42.6 Å². The Morgan fingerprint density at radius 2 is 2.00 bits per heavy atom. The van der Waals surface area contributed by atoms with Crippen molar-refractivity contribution < 1.29 is 9.18 Å². The second-order valence-corrected chi connectivity index (χ2v) is 6.75. The molecule has 130 valence electrons. The molecule has 1 amide bonds. The van der Waals surface area contributed by atoms with Gasteiger partial charge in [-0.3, -0.25) is 4.79 Å². The highest BCUT2D eigenvalue weighted by Crippen LogP contribution is 2.28. The summed E-state index contributed by atoms with van der Waals surface area (Å²) in [6, 6.07) is 10.2. The van der Waals surface area contributed by atoms with E-state index in [0.29, 0.717) is 23.4 Å². The molecule has 0 saturated heterocycles. The van der Waals surface area contributed by atoms with Gasteiger partial charge < -0.3 is 10.3 Å². The molecule has 2 aromatic carbocycles. The Kier molecular flexibility index (Phi) is 5.30. The Morgan fingerprint density at radius 1 is 1.24 bits per heavy atom. The summed E-state index contributed by atoms with van der Waals surface area (Å²) in [7, 11) is 0. The molecule has 1 unspecified atom stereocenters. The van der Waals surface area contributed by atoms with Crippen LogP contribution in [0, 0.1) is 5.82 Å². The average molecular weight is 379 g/mol. The van der Waals surface area contributed by atoms with E-state index >= 15 is 0 Å². The lowest BCUT2D eigenvalue weighted by Crippen LogP contribution is -2.27. The Bertz CT molecular complexity index is 923. The van der Waals surface area contributed by atoms with Crippen LogP contribution in [0.5, 0.6) is 0 Å². The van der Waals surface area contributed by atoms with Gasteiger partial charge in [-0.25, -0.2) is 4.39 Å². The summed E-state index contributed by atoms with van der Waals surface area (Å²) in [5, 5.41) is 4.26. The van der Waals surface area contributed by atoms with Crippen molar-refractivity contribution in [1.82, 2.24) is 10.3 Å². The molecule has 1 heterocycles. The fourth-order valence-electron chi connectivity index (χ4n) is 2.85. The summed E-state index contributed by atoms with van der Waals surface area (Å²) in [6.07, 6.45) is 2.87. The van der Waals surface area contributed by atoms with Gasteiger partial charge >= 0.3 is 0 Å². The molecule has 0 saturated carbocycles. The maximum absolute atomic E-state index is 13.6.